The number of hydrogen-bond donors (Lipinski definition) is 2. The summed E-state index contributed by atoms with van der Waals surface area (Å²) in [5, 5.41) is 22.3. The molecule has 4 fully saturated rings. The molecular weight excluding hydrogens is 340 g/mol. The number of aliphatic hydroxyl groups is 2. The lowest BCUT2D eigenvalue weighted by Crippen LogP contribution is -2.62. The van der Waals surface area contributed by atoms with E-state index in [4.69, 9.17) is 4.74 Å². The van der Waals surface area contributed by atoms with E-state index in [1.54, 1.807) is 6.08 Å². The van der Waals surface area contributed by atoms with Crippen LogP contribution in [0.1, 0.15) is 71.6 Å². The Morgan fingerprint density at radius 2 is 1.85 bits per heavy atom. The smallest absolute Gasteiger partial charge is 0.331 e. The fourth-order valence-corrected chi connectivity index (χ4v) is 8.39. The van der Waals surface area contributed by atoms with Gasteiger partial charge in [0.25, 0.3) is 0 Å². The Morgan fingerprint density at radius 1 is 1.04 bits per heavy atom. The van der Waals surface area contributed by atoms with Crippen LogP contribution in [0.15, 0.2) is 11.6 Å². The number of cyclic esters (lactones) is 1. The number of esters is 1. The zero-order valence-corrected chi connectivity index (χ0v) is 16.7. The predicted molar refractivity (Wildman–Crippen MR) is 102 cm³/mol. The number of ether oxygens (including phenoxy) is 1. The van der Waals surface area contributed by atoms with Crippen molar-refractivity contribution in [1.29, 1.82) is 0 Å². The lowest BCUT2D eigenvalue weighted by atomic mass is 9.43. The zero-order valence-electron chi connectivity index (χ0n) is 16.7. The van der Waals surface area contributed by atoms with Gasteiger partial charge in [-0.25, -0.2) is 4.79 Å². The topological polar surface area (TPSA) is 66.8 Å². The first-order valence-corrected chi connectivity index (χ1v) is 11.1. The van der Waals surface area contributed by atoms with Gasteiger partial charge in [0.2, 0.25) is 0 Å². The SMILES string of the molecule is C[C@]12CC[C@H](O)C[C@H]1CC[C@H]1[C@H]2CC[C@]2(C)[C@@H](C3=CC(=O)OC3)CC[C@]12O. The van der Waals surface area contributed by atoms with Crippen LogP contribution in [-0.4, -0.2) is 34.5 Å². The van der Waals surface area contributed by atoms with Crippen molar-refractivity contribution in [3.05, 3.63) is 11.6 Å². The van der Waals surface area contributed by atoms with Crippen molar-refractivity contribution in [1.82, 2.24) is 0 Å². The molecular formula is C23H34O4. The molecule has 1 heterocycles. The van der Waals surface area contributed by atoms with Crippen molar-refractivity contribution in [3.63, 3.8) is 0 Å². The number of carbonyl (C=O) groups excluding carboxylic acids is 1. The summed E-state index contributed by atoms with van der Waals surface area (Å²) in [4.78, 5) is 11.6. The van der Waals surface area contributed by atoms with Crippen LogP contribution in [0.25, 0.3) is 0 Å². The molecule has 2 N–H and O–H groups in total. The molecule has 0 radical (unpaired) electrons. The van der Waals surface area contributed by atoms with Gasteiger partial charge in [0.1, 0.15) is 6.61 Å². The quantitative estimate of drug-likeness (QED) is 0.688. The molecule has 5 rings (SSSR count). The first kappa shape index (κ1) is 18.2. The van der Waals surface area contributed by atoms with Crippen molar-refractivity contribution in [2.45, 2.75) is 83.3 Å². The Hall–Kier alpha value is -0.870. The van der Waals surface area contributed by atoms with Gasteiger partial charge in [0.05, 0.1) is 11.7 Å². The molecule has 1 aliphatic heterocycles. The first-order chi connectivity index (χ1) is 12.8. The Labute approximate surface area is 162 Å². The van der Waals surface area contributed by atoms with Crippen molar-refractivity contribution in [2.24, 2.45) is 34.5 Å². The van der Waals surface area contributed by atoms with Crippen molar-refractivity contribution in [3.8, 4) is 0 Å². The molecule has 4 saturated carbocycles. The van der Waals surface area contributed by atoms with Gasteiger partial charge >= 0.3 is 5.97 Å². The second-order valence-electron chi connectivity index (χ2n) is 10.7. The molecule has 0 aromatic heterocycles. The maximum Gasteiger partial charge on any atom is 0.331 e. The minimum absolute atomic E-state index is 0.126. The molecule has 5 aliphatic rings. The summed E-state index contributed by atoms with van der Waals surface area (Å²) in [7, 11) is 0. The highest BCUT2D eigenvalue weighted by Gasteiger charge is 2.67. The molecule has 0 spiro atoms. The summed E-state index contributed by atoms with van der Waals surface area (Å²) in [6.45, 7) is 5.15. The minimum atomic E-state index is -0.628. The highest BCUT2D eigenvalue weighted by molar-refractivity contribution is 5.85. The fourth-order valence-electron chi connectivity index (χ4n) is 8.39. The molecule has 0 saturated heterocycles. The van der Waals surface area contributed by atoms with Crippen molar-refractivity contribution in [2.75, 3.05) is 6.61 Å². The van der Waals surface area contributed by atoms with E-state index in [-0.39, 0.29) is 28.8 Å². The van der Waals surface area contributed by atoms with Crippen LogP contribution >= 0.6 is 0 Å². The standard InChI is InChI=1S/C23H34O4/c1-21-8-5-16(24)12-15(21)3-4-19-18(21)6-9-22(2)17(7-10-23(19,22)26)14-11-20(25)27-13-14/h11,15-19,24,26H,3-10,12-13H2,1-2H3/t15-,16+,17-,18-,19+,21+,22-,23+/m1/s1. The fraction of sp³-hybridized carbons (Fsp3) is 0.870. The highest BCUT2D eigenvalue weighted by Crippen LogP contribution is 2.69. The number of hydrogen-bond acceptors (Lipinski definition) is 4. The minimum Gasteiger partial charge on any atom is -0.458 e. The Bertz CT molecular complexity index is 686. The van der Waals surface area contributed by atoms with Gasteiger partial charge in [-0.3, -0.25) is 0 Å². The molecule has 0 aromatic rings. The Morgan fingerprint density at radius 3 is 2.59 bits per heavy atom. The molecule has 4 heteroatoms. The van der Waals surface area contributed by atoms with E-state index < -0.39 is 5.60 Å². The lowest BCUT2D eigenvalue weighted by molar-refractivity contribution is -0.208. The molecule has 0 aromatic carbocycles. The van der Waals surface area contributed by atoms with E-state index in [2.05, 4.69) is 13.8 Å². The molecule has 0 bridgehead atoms. The largest absolute Gasteiger partial charge is 0.458 e. The number of rotatable bonds is 1. The van der Waals surface area contributed by atoms with Gasteiger partial charge in [-0.15, -0.1) is 0 Å². The lowest BCUT2D eigenvalue weighted by Gasteiger charge is -2.63. The third kappa shape index (κ3) is 2.32. The third-order valence-corrected chi connectivity index (χ3v) is 9.96. The summed E-state index contributed by atoms with van der Waals surface area (Å²) >= 11 is 0. The van der Waals surface area contributed by atoms with Crippen molar-refractivity contribution < 1.29 is 19.7 Å². The average molecular weight is 375 g/mol. The van der Waals surface area contributed by atoms with Gasteiger partial charge in [-0.2, -0.15) is 0 Å². The number of fused-ring (bicyclic) bond motifs is 5. The predicted octanol–water partition coefficient (Wildman–Crippen LogP) is 3.60. The highest BCUT2D eigenvalue weighted by atomic mass is 16.5. The van der Waals surface area contributed by atoms with E-state index in [0.29, 0.717) is 24.4 Å². The van der Waals surface area contributed by atoms with E-state index in [1.165, 1.54) is 6.42 Å². The third-order valence-electron chi connectivity index (χ3n) is 9.96. The first-order valence-electron chi connectivity index (χ1n) is 11.1. The van der Waals surface area contributed by atoms with Gasteiger partial charge in [-0.05, 0) is 92.4 Å². The van der Waals surface area contributed by atoms with Gasteiger partial charge in [0, 0.05) is 11.5 Å². The van der Waals surface area contributed by atoms with Gasteiger partial charge in [-0.1, -0.05) is 13.8 Å². The molecule has 8 atom stereocenters. The Balaban J connectivity index is 1.47. The van der Waals surface area contributed by atoms with Crippen molar-refractivity contribution >= 4 is 5.97 Å². The summed E-state index contributed by atoms with van der Waals surface area (Å²) in [5.74, 6) is 1.59. The summed E-state index contributed by atoms with van der Waals surface area (Å²) in [6.07, 6.45) is 10.8. The van der Waals surface area contributed by atoms with Gasteiger partial charge < -0.3 is 14.9 Å². The van der Waals surface area contributed by atoms with Gasteiger partial charge in [0.15, 0.2) is 0 Å². The maximum absolute atomic E-state index is 12.1. The van der Waals surface area contributed by atoms with E-state index in [1.807, 2.05) is 0 Å². The molecule has 4 nitrogen and oxygen atoms in total. The molecule has 0 amide bonds. The maximum atomic E-state index is 12.1. The average Bonchev–Trinajstić information content (AvgIpc) is 3.16. The van der Waals surface area contributed by atoms with Crippen LogP contribution in [-0.2, 0) is 9.53 Å². The van der Waals surface area contributed by atoms with Crippen LogP contribution in [0.5, 0.6) is 0 Å². The van der Waals surface area contributed by atoms with E-state index >= 15 is 0 Å². The summed E-state index contributed by atoms with van der Waals surface area (Å²) < 4.78 is 5.20. The Kier molecular flexibility index (Phi) is 3.92. The van der Waals surface area contributed by atoms with Crippen LogP contribution in [0.4, 0.5) is 0 Å². The van der Waals surface area contributed by atoms with E-state index in [9.17, 15) is 15.0 Å². The second kappa shape index (κ2) is 5.82. The monoisotopic (exact) mass is 374 g/mol. The normalized spacial score (nSPS) is 54.6. The zero-order chi connectivity index (χ0) is 19.0. The van der Waals surface area contributed by atoms with Crippen LogP contribution in [0, 0.1) is 34.5 Å². The second-order valence-corrected chi connectivity index (χ2v) is 10.7. The molecule has 4 aliphatic carbocycles. The number of carbonyl (C=O) groups is 1. The van der Waals surface area contributed by atoms with E-state index in [0.717, 1.165) is 56.9 Å². The van der Waals surface area contributed by atoms with Crippen LogP contribution in [0.2, 0.25) is 0 Å². The van der Waals surface area contributed by atoms with Crippen LogP contribution < -0.4 is 0 Å². The van der Waals surface area contributed by atoms with Crippen LogP contribution in [0.3, 0.4) is 0 Å². The molecule has 27 heavy (non-hydrogen) atoms. The summed E-state index contributed by atoms with van der Waals surface area (Å²) in [5.41, 5.74) is 0.600. The molecule has 0 unspecified atom stereocenters. The summed E-state index contributed by atoms with van der Waals surface area (Å²) in [6, 6.07) is 0. The number of aliphatic hydroxyl groups excluding tert-OH is 1. The molecule has 150 valence electrons.